The fourth-order valence-corrected chi connectivity index (χ4v) is 3.05. The first-order valence-electron chi connectivity index (χ1n) is 8.35. The number of aryl methyl sites for hydroxylation is 2. The van der Waals surface area contributed by atoms with Gasteiger partial charge >= 0.3 is 0 Å². The first kappa shape index (κ1) is 16.4. The maximum atomic E-state index is 5.58. The lowest BCUT2D eigenvalue weighted by Crippen LogP contribution is -2.52. The molecule has 6 heteroatoms. The van der Waals surface area contributed by atoms with Gasteiger partial charge in [0.1, 0.15) is 17.3 Å². The van der Waals surface area contributed by atoms with E-state index >= 15 is 0 Å². The molecule has 0 aromatic carbocycles. The van der Waals surface area contributed by atoms with Gasteiger partial charge in [-0.05, 0) is 32.0 Å². The fourth-order valence-electron chi connectivity index (χ4n) is 3.05. The Hall–Kier alpha value is -2.50. The highest BCUT2D eigenvalue weighted by Gasteiger charge is 2.20. The van der Waals surface area contributed by atoms with Gasteiger partial charge in [-0.1, -0.05) is 6.07 Å². The van der Waals surface area contributed by atoms with Crippen LogP contribution in [-0.4, -0.2) is 49.1 Å². The van der Waals surface area contributed by atoms with Crippen molar-refractivity contribution in [2.75, 3.05) is 38.1 Å². The molecule has 1 fully saturated rings. The number of aliphatic imine (C=N–C) groups is 1. The molecule has 0 unspecified atom stereocenters. The second-order valence-corrected chi connectivity index (χ2v) is 6.00. The highest BCUT2D eigenvalue weighted by molar-refractivity contribution is 5.80. The quantitative estimate of drug-likeness (QED) is 0.692. The first-order valence-corrected chi connectivity index (χ1v) is 8.35. The summed E-state index contributed by atoms with van der Waals surface area (Å²) in [6.45, 7) is 8.46. The summed E-state index contributed by atoms with van der Waals surface area (Å²) in [7, 11) is 1.83. The molecule has 0 aliphatic carbocycles. The molecular formula is C18H25N5O. The van der Waals surface area contributed by atoms with E-state index in [0.717, 1.165) is 56.0 Å². The van der Waals surface area contributed by atoms with E-state index in [1.54, 1.807) is 0 Å². The highest BCUT2D eigenvalue weighted by Crippen LogP contribution is 2.14. The molecule has 128 valence electrons. The molecule has 2 aromatic heterocycles. The topological polar surface area (TPSA) is 56.9 Å². The van der Waals surface area contributed by atoms with Gasteiger partial charge in [-0.15, -0.1) is 0 Å². The lowest BCUT2D eigenvalue weighted by Gasteiger charge is -2.37. The number of hydrogen-bond donors (Lipinski definition) is 1. The Morgan fingerprint density at radius 1 is 1.25 bits per heavy atom. The van der Waals surface area contributed by atoms with Gasteiger partial charge in [-0.2, -0.15) is 0 Å². The van der Waals surface area contributed by atoms with Crippen molar-refractivity contribution in [3.63, 3.8) is 0 Å². The van der Waals surface area contributed by atoms with E-state index in [1.807, 2.05) is 39.2 Å². The number of pyridine rings is 1. The molecule has 1 N–H and O–H groups in total. The number of furan rings is 1. The lowest BCUT2D eigenvalue weighted by molar-refractivity contribution is 0.371. The van der Waals surface area contributed by atoms with Gasteiger partial charge in [0, 0.05) is 51.5 Å². The van der Waals surface area contributed by atoms with Gasteiger partial charge in [-0.25, -0.2) is 4.98 Å². The Bertz CT molecular complexity index is 687. The van der Waals surface area contributed by atoms with Gasteiger partial charge in [-0.3, -0.25) is 4.99 Å². The molecular weight excluding hydrogens is 302 g/mol. The number of aromatic nitrogens is 1. The van der Waals surface area contributed by atoms with Crippen LogP contribution >= 0.6 is 0 Å². The SMILES string of the molecule is CN=C(NCc1cc(C)oc1C)N1CCN(c2ccccn2)CC1. The van der Waals surface area contributed by atoms with E-state index in [9.17, 15) is 0 Å². The molecule has 0 spiro atoms. The predicted molar refractivity (Wildman–Crippen MR) is 96.4 cm³/mol. The van der Waals surface area contributed by atoms with Crippen molar-refractivity contribution in [1.29, 1.82) is 0 Å². The van der Waals surface area contributed by atoms with Crippen molar-refractivity contribution in [2.24, 2.45) is 4.99 Å². The Morgan fingerprint density at radius 3 is 2.62 bits per heavy atom. The number of hydrogen-bond acceptors (Lipinski definition) is 4. The van der Waals surface area contributed by atoms with E-state index in [1.165, 1.54) is 5.56 Å². The normalized spacial score (nSPS) is 15.7. The molecule has 3 heterocycles. The number of guanidine groups is 1. The summed E-state index contributed by atoms with van der Waals surface area (Å²) in [5, 5.41) is 3.45. The molecule has 0 atom stereocenters. The smallest absolute Gasteiger partial charge is 0.194 e. The van der Waals surface area contributed by atoms with Gasteiger partial charge < -0.3 is 19.5 Å². The van der Waals surface area contributed by atoms with E-state index in [2.05, 4.69) is 37.2 Å². The largest absolute Gasteiger partial charge is 0.466 e. The first-order chi connectivity index (χ1) is 11.7. The summed E-state index contributed by atoms with van der Waals surface area (Å²) >= 11 is 0. The van der Waals surface area contributed by atoms with Crippen LogP contribution in [0.15, 0.2) is 39.9 Å². The zero-order valence-corrected chi connectivity index (χ0v) is 14.6. The Labute approximate surface area is 143 Å². The molecule has 1 aliphatic rings. The third-order valence-electron chi connectivity index (χ3n) is 4.35. The van der Waals surface area contributed by atoms with Crippen LogP contribution in [0.5, 0.6) is 0 Å². The highest BCUT2D eigenvalue weighted by atomic mass is 16.3. The summed E-state index contributed by atoms with van der Waals surface area (Å²) < 4.78 is 5.58. The Balaban J connectivity index is 1.55. The van der Waals surface area contributed by atoms with E-state index in [-0.39, 0.29) is 0 Å². The third kappa shape index (κ3) is 3.69. The zero-order chi connectivity index (χ0) is 16.9. The third-order valence-corrected chi connectivity index (χ3v) is 4.35. The number of anilines is 1. The van der Waals surface area contributed by atoms with E-state index < -0.39 is 0 Å². The van der Waals surface area contributed by atoms with Crippen LogP contribution in [0.4, 0.5) is 5.82 Å². The Morgan fingerprint density at radius 2 is 2.04 bits per heavy atom. The minimum absolute atomic E-state index is 0.732. The molecule has 1 aliphatic heterocycles. The molecule has 1 saturated heterocycles. The molecule has 24 heavy (non-hydrogen) atoms. The number of rotatable bonds is 3. The fraction of sp³-hybridized carbons (Fsp3) is 0.444. The maximum absolute atomic E-state index is 5.58. The van der Waals surface area contributed by atoms with Crippen LogP contribution in [0.2, 0.25) is 0 Å². The van der Waals surface area contributed by atoms with Crippen molar-refractivity contribution >= 4 is 11.8 Å². The molecule has 0 bridgehead atoms. The van der Waals surface area contributed by atoms with E-state index in [0.29, 0.717) is 0 Å². The molecule has 0 amide bonds. The summed E-state index contributed by atoms with van der Waals surface area (Å²) in [5.74, 6) is 3.90. The average molecular weight is 327 g/mol. The van der Waals surface area contributed by atoms with Gasteiger partial charge in [0.25, 0.3) is 0 Å². The number of nitrogens with zero attached hydrogens (tertiary/aromatic N) is 4. The minimum Gasteiger partial charge on any atom is -0.466 e. The molecule has 3 rings (SSSR count). The van der Waals surface area contributed by atoms with E-state index in [4.69, 9.17) is 4.42 Å². The van der Waals surface area contributed by atoms with Gasteiger partial charge in [0.05, 0.1) is 0 Å². The summed E-state index contributed by atoms with van der Waals surface area (Å²) in [6.07, 6.45) is 1.84. The van der Waals surface area contributed by atoms with Crippen molar-refractivity contribution < 1.29 is 4.42 Å². The average Bonchev–Trinajstić information content (AvgIpc) is 2.94. The number of piperazine rings is 1. The number of nitrogens with one attached hydrogen (secondary N) is 1. The van der Waals surface area contributed by atoms with Gasteiger partial charge in [0.15, 0.2) is 5.96 Å². The molecule has 0 radical (unpaired) electrons. The molecule has 0 saturated carbocycles. The standard InChI is InChI=1S/C18H25N5O/c1-14-12-16(15(2)24-14)13-21-18(19-3)23-10-8-22(9-11-23)17-6-4-5-7-20-17/h4-7,12H,8-11,13H2,1-3H3,(H,19,21). The second-order valence-electron chi connectivity index (χ2n) is 6.00. The van der Waals surface area contributed by atoms with Crippen LogP contribution in [0.1, 0.15) is 17.1 Å². The van der Waals surface area contributed by atoms with Crippen molar-refractivity contribution in [2.45, 2.75) is 20.4 Å². The summed E-state index contributed by atoms with van der Waals surface area (Å²) in [6, 6.07) is 8.12. The van der Waals surface area contributed by atoms with Crippen LogP contribution in [-0.2, 0) is 6.54 Å². The van der Waals surface area contributed by atoms with Crippen molar-refractivity contribution in [1.82, 2.24) is 15.2 Å². The molecule has 2 aromatic rings. The lowest BCUT2D eigenvalue weighted by atomic mass is 10.2. The van der Waals surface area contributed by atoms with Gasteiger partial charge in [0.2, 0.25) is 0 Å². The van der Waals surface area contributed by atoms with Crippen molar-refractivity contribution in [3.8, 4) is 0 Å². The van der Waals surface area contributed by atoms with Crippen molar-refractivity contribution in [3.05, 3.63) is 47.5 Å². The second kappa shape index (κ2) is 7.38. The Kier molecular flexibility index (Phi) is 5.03. The minimum atomic E-state index is 0.732. The molecule has 6 nitrogen and oxygen atoms in total. The van der Waals surface area contributed by atoms with Crippen LogP contribution in [0, 0.1) is 13.8 Å². The van der Waals surface area contributed by atoms with Crippen LogP contribution < -0.4 is 10.2 Å². The van der Waals surface area contributed by atoms with Crippen LogP contribution in [0.25, 0.3) is 0 Å². The summed E-state index contributed by atoms with van der Waals surface area (Å²) in [4.78, 5) is 13.5. The zero-order valence-electron chi connectivity index (χ0n) is 14.6. The summed E-state index contributed by atoms with van der Waals surface area (Å²) in [5.41, 5.74) is 1.18. The maximum Gasteiger partial charge on any atom is 0.194 e. The monoisotopic (exact) mass is 327 g/mol. The van der Waals surface area contributed by atoms with Crippen LogP contribution in [0.3, 0.4) is 0 Å². The predicted octanol–water partition coefficient (Wildman–Crippen LogP) is 2.19.